The normalized spacial score (nSPS) is 20.9. The molecule has 1 aromatic carbocycles. The van der Waals surface area contributed by atoms with E-state index in [9.17, 15) is 5.11 Å². The monoisotopic (exact) mass is 275 g/mol. The third-order valence-corrected chi connectivity index (χ3v) is 3.53. The Morgan fingerprint density at radius 2 is 2.20 bits per heavy atom. The molecule has 0 saturated carbocycles. The van der Waals surface area contributed by atoms with Crippen molar-refractivity contribution in [1.29, 1.82) is 0 Å². The largest absolute Gasteiger partial charge is 0.493 e. The van der Waals surface area contributed by atoms with E-state index >= 15 is 0 Å². The Balaban J connectivity index is 1.91. The van der Waals surface area contributed by atoms with E-state index in [1.54, 1.807) is 6.92 Å². The number of rotatable bonds is 3. The highest BCUT2D eigenvalue weighted by Gasteiger charge is 2.28. The van der Waals surface area contributed by atoms with Crippen LogP contribution in [0, 0.1) is 0 Å². The summed E-state index contributed by atoms with van der Waals surface area (Å²) in [5, 5.41) is 13.5. The zero-order valence-corrected chi connectivity index (χ0v) is 11.2. The first kappa shape index (κ1) is 13.1. The minimum absolute atomic E-state index is 0.0404. The van der Waals surface area contributed by atoms with Crippen LogP contribution in [0.4, 0.5) is 0 Å². The average molecular weight is 275 g/mol. The smallest absolute Gasteiger partial charge is 0.246 e. The summed E-state index contributed by atoms with van der Waals surface area (Å²) in [6.07, 6.45) is 0.0603. The van der Waals surface area contributed by atoms with Gasteiger partial charge in [-0.25, -0.2) is 0 Å². The molecule has 3 atom stereocenters. The Morgan fingerprint density at radius 1 is 1.40 bits per heavy atom. The molecule has 0 aliphatic carbocycles. The van der Waals surface area contributed by atoms with E-state index < -0.39 is 12.1 Å². The van der Waals surface area contributed by atoms with Gasteiger partial charge in [-0.15, -0.1) is 0 Å². The summed E-state index contributed by atoms with van der Waals surface area (Å²) in [4.78, 5) is 4.34. The third-order valence-electron chi connectivity index (χ3n) is 3.53. The second kappa shape index (κ2) is 5.22. The molecule has 3 unspecified atom stereocenters. The molecule has 0 spiro atoms. The number of aliphatic hydroxyl groups excluding tert-OH is 1. The van der Waals surface area contributed by atoms with Crippen molar-refractivity contribution in [3.8, 4) is 5.75 Å². The van der Waals surface area contributed by atoms with Gasteiger partial charge in [0, 0.05) is 5.56 Å². The summed E-state index contributed by atoms with van der Waals surface area (Å²) in [7, 11) is 0. The van der Waals surface area contributed by atoms with Gasteiger partial charge in [-0.3, -0.25) is 0 Å². The highest BCUT2D eigenvalue weighted by Crippen LogP contribution is 2.36. The maximum atomic E-state index is 9.48. The molecule has 1 aliphatic heterocycles. The fourth-order valence-electron chi connectivity index (χ4n) is 2.34. The summed E-state index contributed by atoms with van der Waals surface area (Å²) in [6, 6.07) is 7.18. The number of aromatic nitrogens is 2. The zero-order chi connectivity index (χ0) is 14.1. The van der Waals surface area contributed by atoms with Crippen LogP contribution < -0.4 is 10.5 Å². The number of nitrogens with two attached hydrogens (primary N) is 1. The third kappa shape index (κ3) is 2.28. The lowest BCUT2D eigenvalue weighted by Gasteiger charge is -2.23. The number of ether oxygens (including phenoxy) is 1. The molecular formula is C14H17N3O3. The van der Waals surface area contributed by atoms with E-state index in [4.69, 9.17) is 15.0 Å². The minimum atomic E-state index is -0.731. The highest BCUT2D eigenvalue weighted by atomic mass is 16.5. The van der Waals surface area contributed by atoms with E-state index in [0.717, 1.165) is 17.7 Å². The van der Waals surface area contributed by atoms with E-state index in [1.807, 2.05) is 24.3 Å². The molecule has 0 fully saturated rings. The number of nitrogens with zero attached hydrogens (tertiary/aromatic N) is 2. The standard InChI is InChI=1S/C14H17N3O3/c1-8(18)12(15)14-16-13(17-20-14)10-6-7-19-11-5-3-2-4-9(10)11/h2-5,8,10,12,18H,6-7,15H2,1H3. The highest BCUT2D eigenvalue weighted by molar-refractivity contribution is 5.40. The van der Waals surface area contributed by atoms with Crippen molar-refractivity contribution in [2.24, 2.45) is 5.73 Å². The lowest BCUT2D eigenvalue weighted by atomic mass is 9.92. The topological polar surface area (TPSA) is 94.4 Å². The average Bonchev–Trinajstić information content (AvgIpc) is 2.95. The second-order valence-electron chi connectivity index (χ2n) is 4.98. The summed E-state index contributed by atoms with van der Waals surface area (Å²) < 4.78 is 10.8. The second-order valence-corrected chi connectivity index (χ2v) is 4.98. The van der Waals surface area contributed by atoms with Crippen LogP contribution in [0.5, 0.6) is 5.75 Å². The van der Waals surface area contributed by atoms with Crippen LogP contribution in [-0.2, 0) is 0 Å². The number of para-hydroxylation sites is 1. The Kier molecular flexibility index (Phi) is 3.42. The molecule has 0 bridgehead atoms. The van der Waals surface area contributed by atoms with Crippen LogP contribution in [0.1, 0.15) is 42.6 Å². The zero-order valence-electron chi connectivity index (χ0n) is 11.2. The minimum Gasteiger partial charge on any atom is -0.493 e. The lowest BCUT2D eigenvalue weighted by molar-refractivity contribution is 0.146. The van der Waals surface area contributed by atoms with Crippen LogP contribution in [0.25, 0.3) is 0 Å². The SMILES string of the molecule is CC(O)C(N)c1nc(C2CCOc3ccccc32)no1. The first-order valence-corrected chi connectivity index (χ1v) is 6.65. The summed E-state index contributed by atoms with van der Waals surface area (Å²) in [5.74, 6) is 1.75. The number of fused-ring (bicyclic) bond motifs is 1. The quantitative estimate of drug-likeness (QED) is 0.878. The maximum Gasteiger partial charge on any atom is 0.246 e. The van der Waals surface area contributed by atoms with Gasteiger partial charge in [0.25, 0.3) is 0 Å². The Hall–Kier alpha value is -1.92. The van der Waals surface area contributed by atoms with Gasteiger partial charge in [-0.05, 0) is 19.4 Å². The van der Waals surface area contributed by atoms with Gasteiger partial charge in [0.1, 0.15) is 11.8 Å². The molecule has 1 aliphatic rings. The summed E-state index contributed by atoms with van der Waals surface area (Å²) >= 11 is 0. The van der Waals surface area contributed by atoms with Crippen molar-refractivity contribution in [2.75, 3.05) is 6.61 Å². The van der Waals surface area contributed by atoms with Crippen LogP contribution in [0.3, 0.4) is 0 Å². The van der Waals surface area contributed by atoms with Gasteiger partial charge in [0.05, 0.1) is 18.6 Å². The van der Waals surface area contributed by atoms with Crippen molar-refractivity contribution >= 4 is 0 Å². The molecule has 6 nitrogen and oxygen atoms in total. The van der Waals surface area contributed by atoms with Gasteiger partial charge in [-0.2, -0.15) is 4.98 Å². The van der Waals surface area contributed by atoms with Crippen LogP contribution in [-0.4, -0.2) is 28.0 Å². The molecule has 2 heterocycles. The van der Waals surface area contributed by atoms with Crippen molar-refractivity contribution < 1.29 is 14.4 Å². The number of hydrogen-bond acceptors (Lipinski definition) is 6. The van der Waals surface area contributed by atoms with Crippen molar-refractivity contribution in [1.82, 2.24) is 10.1 Å². The van der Waals surface area contributed by atoms with Crippen LogP contribution >= 0.6 is 0 Å². The summed E-state index contributed by atoms with van der Waals surface area (Å²) in [5.41, 5.74) is 6.86. The molecule has 20 heavy (non-hydrogen) atoms. The van der Waals surface area contributed by atoms with E-state index in [2.05, 4.69) is 10.1 Å². The molecule has 2 aromatic rings. The fraction of sp³-hybridized carbons (Fsp3) is 0.429. The molecule has 0 radical (unpaired) electrons. The molecule has 1 aromatic heterocycles. The van der Waals surface area contributed by atoms with Gasteiger partial charge >= 0.3 is 0 Å². The van der Waals surface area contributed by atoms with Crippen LogP contribution in [0.2, 0.25) is 0 Å². The Bertz CT molecular complexity index is 597. The molecular weight excluding hydrogens is 258 g/mol. The maximum absolute atomic E-state index is 9.48. The van der Waals surface area contributed by atoms with Crippen molar-refractivity contribution in [3.05, 3.63) is 41.5 Å². The first-order chi connectivity index (χ1) is 9.66. The fourth-order valence-corrected chi connectivity index (χ4v) is 2.34. The van der Waals surface area contributed by atoms with Gasteiger partial charge in [0.15, 0.2) is 5.82 Å². The molecule has 3 N–H and O–H groups in total. The number of hydrogen-bond donors (Lipinski definition) is 2. The van der Waals surface area contributed by atoms with Gasteiger partial charge in [0.2, 0.25) is 5.89 Å². The molecule has 0 saturated heterocycles. The number of aliphatic hydroxyl groups is 1. The molecule has 3 rings (SSSR count). The van der Waals surface area contributed by atoms with Gasteiger partial charge < -0.3 is 20.1 Å². The number of benzene rings is 1. The Morgan fingerprint density at radius 3 is 3.00 bits per heavy atom. The predicted octanol–water partition coefficient (Wildman–Crippen LogP) is 1.36. The first-order valence-electron chi connectivity index (χ1n) is 6.65. The van der Waals surface area contributed by atoms with E-state index in [0.29, 0.717) is 12.4 Å². The van der Waals surface area contributed by atoms with E-state index in [1.165, 1.54) is 0 Å². The van der Waals surface area contributed by atoms with Crippen LogP contribution in [0.15, 0.2) is 28.8 Å². The van der Waals surface area contributed by atoms with E-state index in [-0.39, 0.29) is 11.8 Å². The molecule has 106 valence electrons. The molecule has 0 amide bonds. The molecule has 6 heteroatoms. The van der Waals surface area contributed by atoms with Crippen molar-refractivity contribution in [3.63, 3.8) is 0 Å². The van der Waals surface area contributed by atoms with Gasteiger partial charge in [-0.1, -0.05) is 23.4 Å². The summed E-state index contributed by atoms with van der Waals surface area (Å²) in [6.45, 7) is 2.21. The predicted molar refractivity (Wildman–Crippen MR) is 71.3 cm³/mol. The lowest BCUT2D eigenvalue weighted by Crippen LogP contribution is -2.23. The van der Waals surface area contributed by atoms with Crippen molar-refractivity contribution in [2.45, 2.75) is 31.4 Å². The Labute approximate surface area is 116 Å².